The maximum atomic E-state index is 12.3. The molecule has 0 fully saturated rings. The van der Waals surface area contributed by atoms with E-state index in [1.165, 1.54) is 11.1 Å². The summed E-state index contributed by atoms with van der Waals surface area (Å²) in [6.07, 6.45) is 1.60. The molecule has 0 spiro atoms. The molecule has 1 amide bonds. The molecule has 0 atom stereocenters. The van der Waals surface area contributed by atoms with E-state index in [2.05, 4.69) is 39.7 Å². The van der Waals surface area contributed by atoms with Crippen LogP contribution in [0.2, 0.25) is 0 Å². The van der Waals surface area contributed by atoms with Crippen molar-refractivity contribution in [3.05, 3.63) is 95.1 Å². The third-order valence-electron chi connectivity index (χ3n) is 4.83. The number of amides is 1. The van der Waals surface area contributed by atoms with Crippen molar-refractivity contribution in [1.29, 1.82) is 0 Å². The van der Waals surface area contributed by atoms with Crippen molar-refractivity contribution in [3.63, 3.8) is 0 Å². The first kappa shape index (κ1) is 17.8. The van der Waals surface area contributed by atoms with E-state index in [1.54, 1.807) is 13.3 Å². The number of benzene rings is 3. The SMILES string of the molecule is COc1ccc(/C=N\NC(=O)c2ccc(N3Cc4ccccc4C3)cc2)cc1. The van der Waals surface area contributed by atoms with Crippen LogP contribution in [0, 0.1) is 0 Å². The number of hydrogen-bond donors (Lipinski definition) is 1. The van der Waals surface area contributed by atoms with Crippen molar-refractivity contribution in [2.24, 2.45) is 5.10 Å². The molecule has 5 heteroatoms. The Morgan fingerprint density at radius 2 is 1.61 bits per heavy atom. The smallest absolute Gasteiger partial charge is 0.271 e. The highest BCUT2D eigenvalue weighted by atomic mass is 16.5. The molecule has 28 heavy (non-hydrogen) atoms. The summed E-state index contributed by atoms with van der Waals surface area (Å²) in [7, 11) is 1.62. The maximum absolute atomic E-state index is 12.3. The lowest BCUT2D eigenvalue weighted by atomic mass is 10.1. The van der Waals surface area contributed by atoms with Gasteiger partial charge in [0.25, 0.3) is 5.91 Å². The van der Waals surface area contributed by atoms with Gasteiger partial charge >= 0.3 is 0 Å². The molecule has 1 heterocycles. The largest absolute Gasteiger partial charge is 0.497 e. The number of nitrogens with zero attached hydrogens (tertiary/aromatic N) is 2. The molecule has 0 aromatic heterocycles. The van der Waals surface area contributed by atoms with E-state index in [0.29, 0.717) is 5.56 Å². The van der Waals surface area contributed by atoms with Gasteiger partial charge in [0, 0.05) is 24.3 Å². The molecule has 140 valence electrons. The lowest BCUT2D eigenvalue weighted by Crippen LogP contribution is -2.18. The monoisotopic (exact) mass is 371 g/mol. The second-order valence-electron chi connectivity index (χ2n) is 6.64. The maximum Gasteiger partial charge on any atom is 0.271 e. The van der Waals surface area contributed by atoms with Crippen molar-refractivity contribution in [3.8, 4) is 5.75 Å². The number of rotatable bonds is 5. The molecule has 0 bridgehead atoms. The topological polar surface area (TPSA) is 53.9 Å². The average molecular weight is 371 g/mol. The summed E-state index contributed by atoms with van der Waals surface area (Å²) in [6, 6.07) is 23.5. The highest BCUT2D eigenvalue weighted by Gasteiger charge is 2.18. The Bertz CT molecular complexity index is 970. The van der Waals surface area contributed by atoms with Crippen LogP contribution in [0.4, 0.5) is 5.69 Å². The fourth-order valence-electron chi connectivity index (χ4n) is 3.26. The second-order valence-corrected chi connectivity index (χ2v) is 6.64. The number of carbonyl (C=O) groups is 1. The van der Waals surface area contributed by atoms with Gasteiger partial charge in [-0.25, -0.2) is 5.43 Å². The summed E-state index contributed by atoms with van der Waals surface area (Å²) in [5.41, 5.74) is 7.84. The minimum atomic E-state index is -0.235. The molecule has 4 rings (SSSR count). The molecular weight excluding hydrogens is 350 g/mol. The molecule has 0 saturated carbocycles. The zero-order valence-electron chi connectivity index (χ0n) is 15.6. The van der Waals surface area contributed by atoms with Gasteiger partial charge in [-0.3, -0.25) is 4.79 Å². The molecule has 3 aromatic rings. The Morgan fingerprint density at radius 3 is 2.21 bits per heavy atom. The minimum absolute atomic E-state index is 0.235. The molecular formula is C23H21N3O2. The van der Waals surface area contributed by atoms with Gasteiger partial charge in [-0.05, 0) is 65.2 Å². The number of ether oxygens (including phenoxy) is 1. The van der Waals surface area contributed by atoms with E-state index < -0.39 is 0 Å². The van der Waals surface area contributed by atoms with Gasteiger partial charge in [0.2, 0.25) is 0 Å². The van der Waals surface area contributed by atoms with Gasteiger partial charge in [-0.1, -0.05) is 24.3 Å². The van der Waals surface area contributed by atoms with E-state index in [1.807, 2.05) is 48.5 Å². The van der Waals surface area contributed by atoms with Crippen LogP contribution < -0.4 is 15.1 Å². The summed E-state index contributed by atoms with van der Waals surface area (Å²) < 4.78 is 5.12. The van der Waals surface area contributed by atoms with Gasteiger partial charge in [0.15, 0.2) is 0 Å². The van der Waals surface area contributed by atoms with E-state index in [9.17, 15) is 4.79 Å². The standard InChI is InChI=1S/C23H21N3O2/c1-28-22-12-6-17(7-13-22)14-24-25-23(27)18-8-10-21(11-9-18)26-15-19-4-2-3-5-20(19)16-26/h2-14H,15-16H2,1H3,(H,25,27)/b24-14-. The average Bonchev–Trinajstić information content (AvgIpc) is 3.18. The molecule has 3 aromatic carbocycles. The van der Waals surface area contributed by atoms with E-state index in [4.69, 9.17) is 4.74 Å². The number of fused-ring (bicyclic) bond motifs is 1. The molecule has 1 aliphatic heterocycles. The van der Waals surface area contributed by atoms with Crippen molar-refractivity contribution in [2.45, 2.75) is 13.1 Å². The fourth-order valence-corrected chi connectivity index (χ4v) is 3.26. The van der Waals surface area contributed by atoms with Gasteiger partial charge < -0.3 is 9.64 Å². The first-order chi connectivity index (χ1) is 13.7. The van der Waals surface area contributed by atoms with Crippen LogP contribution in [0.15, 0.2) is 77.9 Å². The lowest BCUT2D eigenvalue weighted by Gasteiger charge is -2.17. The second kappa shape index (κ2) is 7.96. The molecule has 5 nitrogen and oxygen atoms in total. The Morgan fingerprint density at radius 1 is 0.964 bits per heavy atom. The van der Waals surface area contributed by atoms with Crippen molar-refractivity contribution >= 4 is 17.8 Å². The number of hydrazone groups is 1. The third kappa shape index (κ3) is 3.88. The Hall–Kier alpha value is -3.60. The summed E-state index contributed by atoms with van der Waals surface area (Å²) >= 11 is 0. The summed E-state index contributed by atoms with van der Waals surface area (Å²) in [4.78, 5) is 14.6. The first-order valence-corrected chi connectivity index (χ1v) is 9.12. The van der Waals surface area contributed by atoms with Crippen LogP contribution in [-0.2, 0) is 13.1 Å². The number of carbonyl (C=O) groups excluding carboxylic acids is 1. The molecule has 0 unspecified atom stereocenters. The predicted molar refractivity (Wildman–Crippen MR) is 111 cm³/mol. The number of nitrogens with one attached hydrogen (secondary N) is 1. The van der Waals surface area contributed by atoms with Gasteiger partial charge in [0.05, 0.1) is 13.3 Å². The van der Waals surface area contributed by atoms with Gasteiger partial charge in [-0.15, -0.1) is 0 Å². The number of methoxy groups -OCH3 is 1. The molecule has 1 N–H and O–H groups in total. The Kier molecular flexibility index (Phi) is 5.06. The van der Waals surface area contributed by atoms with Gasteiger partial charge in [0.1, 0.15) is 5.75 Å². The quantitative estimate of drug-likeness (QED) is 0.545. The van der Waals surface area contributed by atoms with Crippen LogP contribution in [0.1, 0.15) is 27.0 Å². The molecule has 0 radical (unpaired) electrons. The molecule has 1 aliphatic rings. The summed E-state index contributed by atoms with van der Waals surface area (Å²) in [5, 5.41) is 4.02. The highest BCUT2D eigenvalue weighted by Crippen LogP contribution is 2.28. The molecule has 0 aliphatic carbocycles. The van der Waals surface area contributed by atoms with Crippen LogP contribution >= 0.6 is 0 Å². The zero-order valence-corrected chi connectivity index (χ0v) is 15.6. The Balaban J connectivity index is 1.36. The first-order valence-electron chi connectivity index (χ1n) is 9.12. The fraction of sp³-hybridized carbons (Fsp3) is 0.130. The number of hydrogen-bond acceptors (Lipinski definition) is 4. The van der Waals surface area contributed by atoms with E-state index in [-0.39, 0.29) is 5.91 Å². The minimum Gasteiger partial charge on any atom is -0.497 e. The summed E-state index contributed by atoms with van der Waals surface area (Å²) in [6.45, 7) is 1.79. The predicted octanol–water partition coefficient (Wildman–Crippen LogP) is 3.98. The van der Waals surface area contributed by atoms with Crippen LogP contribution in [0.5, 0.6) is 5.75 Å². The van der Waals surface area contributed by atoms with E-state index >= 15 is 0 Å². The van der Waals surface area contributed by atoms with Crippen molar-refractivity contribution < 1.29 is 9.53 Å². The van der Waals surface area contributed by atoms with Crippen LogP contribution in [0.3, 0.4) is 0 Å². The molecule has 0 saturated heterocycles. The van der Waals surface area contributed by atoms with Crippen molar-refractivity contribution in [1.82, 2.24) is 5.43 Å². The van der Waals surface area contributed by atoms with Crippen LogP contribution in [-0.4, -0.2) is 19.2 Å². The lowest BCUT2D eigenvalue weighted by molar-refractivity contribution is 0.0955. The van der Waals surface area contributed by atoms with Crippen LogP contribution in [0.25, 0.3) is 0 Å². The summed E-state index contributed by atoms with van der Waals surface area (Å²) in [5.74, 6) is 0.545. The normalized spacial score (nSPS) is 12.8. The Labute approximate surface area is 164 Å². The highest BCUT2D eigenvalue weighted by molar-refractivity contribution is 5.95. The number of anilines is 1. The third-order valence-corrected chi connectivity index (χ3v) is 4.83. The van der Waals surface area contributed by atoms with Crippen molar-refractivity contribution in [2.75, 3.05) is 12.0 Å². The zero-order chi connectivity index (χ0) is 19.3. The van der Waals surface area contributed by atoms with Gasteiger partial charge in [-0.2, -0.15) is 5.10 Å². The van der Waals surface area contributed by atoms with E-state index in [0.717, 1.165) is 30.1 Å².